The number of nitrogens with one attached hydrogen (secondary N) is 1. The van der Waals surface area contributed by atoms with E-state index in [1.54, 1.807) is 24.3 Å². The molecule has 5 nitrogen and oxygen atoms in total. The van der Waals surface area contributed by atoms with Crippen molar-refractivity contribution in [1.82, 2.24) is 0 Å². The topological polar surface area (TPSA) is 74.8 Å². The Bertz CT molecular complexity index is 913. The molecular weight excluding hydrogens is 280 g/mol. The summed E-state index contributed by atoms with van der Waals surface area (Å²) in [4.78, 5) is 12.4. The number of carbonyl (C=O) groups excluding carboxylic acids is 1. The molecule has 1 heterocycles. The highest BCUT2D eigenvalue weighted by Crippen LogP contribution is 2.15. The van der Waals surface area contributed by atoms with Crippen LogP contribution in [0.25, 0.3) is 11.0 Å². The van der Waals surface area contributed by atoms with Crippen LogP contribution >= 0.6 is 0 Å². The van der Waals surface area contributed by atoms with Crippen LogP contribution in [-0.4, -0.2) is 11.1 Å². The van der Waals surface area contributed by atoms with Gasteiger partial charge in [-0.3, -0.25) is 4.79 Å². The number of fused-ring (bicyclic) bond motifs is 1. The summed E-state index contributed by atoms with van der Waals surface area (Å²) in [7, 11) is 0. The van der Waals surface area contributed by atoms with E-state index in [1.165, 1.54) is 0 Å². The Labute approximate surface area is 126 Å². The fourth-order valence-electron chi connectivity index (χ4n) is 2.23. The predicted octanol–water partition coefficient (Wildman–Crippen LogP) is 3.28. The molecule has 3 rings (SSSR count). The van der Waals surface area contributed by atoms with E-state index in [0.29, 0.717) is 11.3 Å². The molecule has 0 spiro atoms. The minimum atomic E-state index is -0.395. The molecule has 0 atom stereocenters. The Hall–Kier alpha value is -3.08. The average Bonchev–Trinajstić information content (AvgIpc) is 2.53. The van der Waals surface area contributed by atoms with Gasteiger partial charge < -0.3 is 14.9 Å². The van der Waals surface area contributed by atoms with E-state index in [-0.39, 0.29) is 11.1 Å². The third-order valence-electron chi connectivity index (χ3n) is 3.27. The van der Waals surface area contributed by atoms with Crippen molar-refractivity contribution in [3.8, 4) is 0 Å². The van der Waals surface area contributed by atoms with E-state index in [4.69, 9.17) is 9.62 Å². The van der Waals surface area contributed by atoms with Crippen LogP contribution in [0.3, 0.4) is 0 Å². The minimum absolute atomic E-state index is 0.121. The second-order valence-corrected chi connectivity index (χ2v) is 4.93. The van der Waals surface area contributed by atoms with Crippen molar-refractivity contribution in [2.75, 3.05) is 5.32 Å². The molecule has 0 unspecified atom stereocenters. The zero-order valence-corrected chi connectivity index (χ0v) is 11.9. The molecule has 22 heavy (non-hydrogen) atoms. The third-order valence-corrected chi connectivity index (χ3v) is 3.27. The lowest BCUT2D eigenvalue weighted by Crippen LogP contribution is -2.21. The first-order valence-corrected chi connectivity index (χ1v) is 6.76. The largest absolute Gasteiger partial charge is 0.435 e. The molecule has 0 aliphatic rings. The van der Waals surface area contributed by atoms with Gasteiger partial charge in [0.2, 0.25) is 0 Å². The Kier molecular flexibility index (Phi) is 3.62. The first-order chi connectivity index (χ1) is 10.7. The standard InChI is InChI=1S/C17H14N2O3/c1-11-5-4-7-13(9-11)18-16(20)14-10-12-6-2-3-8-15(12)22-17(14)19-21/h2-10,21H,1H3,(H,18,20)/b19-17+. The van der Waals surface area contributed by atoms with E-state index in [9.17, 15) is 4.79 Å². The second-order valence-electron chi connectivity index (χ2n) is 4.93. The fourth-order valence-corrected chi connectivity index (χ4v) is 2.23. The molecule has 0 aliphatic heterocycles. The molecule has 5 heteroatoms. The number of amides is 1. The van der Waals surface area contributed by atoms with Crippen LogP contribution in [0, 0.1) is 6.92 Å². The number of anilines is 1. The van der Waals surface area contributed by atoms with Gasteiger partial charge in [-0.1, -0.05) is 30.3 Å². The smallest absolute Gasteiger partial charge is 0.268 e. The van der Waals surface area contributed by atoms with Crippen LogP contribution in [0.1, 0.15) is 15.9 Å². The zero-order valence-electron chi connectivity index (χ0n) is 11.9. The molecule has 0 saturated heterocycles. The first kappa shape index (κ1) is 13.9. The van der Waals surface area contributed by atoms with E-state index >= 15 is 0 Å². The Morgan fingerprint density at radius 1 is 1.14 bits per heavy atom. The van der Waals surface area contributed by atoms with E-state index in [1.807, 2.05) is 37.3 Å². The number of carbonyl (C=O) groups is 1. The van der Waals surface area contributed by atoms with E-state index in [0.717, 1.165) is 10.9 Å². The molecule has 1 amide bonds. The summed E-state index contributed by atoms with van der Waals surface area (Å²) in [5.41, 5.74) is 2.30. The van der Waals surface area contributed by atoms with Gasteiger partial charge in [-0.25, -0.2) is 0 Å². The average molecular weight is 294 g/mol. The molecule has 2 N–H and O–H groups in total. The molecule has 0 aliphatic carbocycles. The quantitative estimate of drug-likeness (QED) is 0.562. The highest BCUT2D eigenvalue weighted by atomic mass is 16.5. The van der Waals surface area contributed by atoms with Gasteiger partial charge in [-0.15, -0.1) is 0 Å². The van der Waals surface area contributed by atoms with Gasteiger partial charge in [-0.05, 0) is 41.9 Å². The number of hydrogen-bond donors (Lipinski definition) is 2. The van der Waals surface area contributed by atoms with Gasteiger partial charge in [0.25, 0.3) is 11.5 Å². The number of benzene rings is 2. The van der Waals surface area contributed by atoms with E-state index in [2.05, 4.69) is 10.5 Å². The van der Waals surface area contributed by atoms with Gasteiger partial charge in [0.05, 0.1) is 0 Å². The maximum Gasteiger partial charge on any atom is 0.268 e. The molecule has 2 aromatic carbocycles. The Balaban J connectivity index is 2.03. The van der Waals surface area contributed by atoms with Crippen molar-refractivity contribution in [2.24, 2.45) is 5.16 Å². The van der Waals surface area contributed by atoms with Crippen molar-refractivity contribution in [2.45, 2.75) is 6.92 Å². The predicted molar refractivity (Wildman–Crippen MR) is 82.7 cm³/mol. The minimum Gasteiger partial charge on any atom is -0.435 e. The van der Waals surface area contributed by atoms with Crippen LogP contribution in [0.15, 0.2) is 64.2 Å². The normalized spacial score (nSPS) is 11.6. The molecule has 1 aromatic heterocycles. The molecule has 110 valence electrons. The monoisotopic (exact) mass is 294 g/mol. The van der Waals surface area contributed by atoms with Gasteiger partial charge in [-0.2, -0.15) is 0 Å². The molecular formula is C17H14N2O3. The number of nitrogens with zero attached hydrogens (tertiary/aromatic N) is 1. The van der Waals surface area contributed by atoms with Crippen LogP contribution in [0.2, 0.25) is 0 Å². The highest BCUT2D eigenvalue weighted by molar-refractivity contribution is 6.05. The third kappa shape index (κ3) is 2.69. The first-order valence-electron chi connectivity index (χ1n) is 6.76. The molecule has 0 bridgehead atoms. The van der Waals surface area contributed by atoms with Crippen molar-refractivity contribution in [3.63, 3.8) is 0 Å². The van der Waals surface area contributed by atoms with Gasteiger partial charge >= 0.3 is 0 Å². The van der Waals surface area contributed by atoms with Crippen LogP contribution in [0.5, 0.6) is 0 Å². The summed E-state index contributed by atoms with van der Waals surface area (Å²) in [5.74, 6) is -0.395. The van der Waals surface area contributed by atoms with Crippen LogP contribution in [0.4, 0.5) is 5.69 Å². The van der Waals surface area contributed by atoms with Crippen LogP contribution < -0.4 is 10.9 Å². The molecule has 0 saturated carbocycles. The number of para-hydroxylation sites is 1. The Morgan fingerprint density at radius 3 is 2.73 bits per heavy atom. The van der Waals surface area contributed by atoms with Gasteiger partial charge in [0.15, 0.2) is 0 Å². The Morgan fingerprint density at radius 2 is 1.95 bits per heavy atom. The second kappa shape index (κ2) is 5.73. The lowest BCUT2D eigenvalue weighted by atomic mass is 10.1. The SMILES string of the molecule is Cc1cccc(NC(=O)c2cc3ccccc3o/c2=N/O)c1. The lowest BCUT2D eigenvalue weighted by Gasteiger charge is -2.06. The van der Waals surface area contributed by atoms with Gasteiger partial charge in [0, 0.05) is 11.1 Å². The fraction of sp³-hybridized carbons (Fsp3) is 0.0588. The van der Waals surface area contributed by atoms with Crippen molar-refractivity contribution in [3.05, 3.63) is 71.3 Å². The lowest BCUT2D eigenvalue weighted by molar-refractivity contribution is 0.102. The summed E-state index contributed by atoms with van der Waals surface area (Å²) >= 11 is 0. The van der Waals surface area contributed by atoms with Crippen molar-refractivity contribution in [1.29, 1.82) is 0 Å². The summed E-state index contributed by atoms with van der Waals surface area (Å²) in [6.07, 6.45) is 0. The number of aryl methyl sites for hydroxylation is 1. The maximum atomic E-state index is 12.4. The zero-order chi connectivity index (χ0) is 15.5. The summed E-state index contributed by atoms with van der Waals surface area (Å²) in [6, 6.07) is 16.3. The van der Waals surface area contributed by atoms with Crippen molar-refractivity contribution < 1.29 is 14.4 Å². The number of rotatable bonds is 2. The summed E-state index contributed by atoms with van der Waals surface area (Å²) < 4.78 is 5.45. The van der Waals surface area contributed by atoms with E-state index < -0.39 is 5.91 Å². The summed E-state index contributed by atoms with van der Waals surface area (Å²) in [5, 5.41) is 15.7. The number of hydrogen-bond acceptors (Lipinski definition) is 4. The summed E-state index contributed by atoms with van der Waals surface area (Å²) in [6.45, 7) is 1.94. The molecule has 0 radical (unpaired) electrons. The molecule has 0 fully saturated rings. The highest BCUT2D eigenvalue weighted by Gasteiger charge is 2.13. The van der Waals surface area contributed by atoms with Gasteiger partial charge in [0.1, 0.15) is 11.1 Å². The maximum absolute atomic E-state index is 12.4. The molecule has 3 aromatic rings. The van der Waals surface area contributed by atoms with Crippen LogP contribution in [-0.2, 0) is 0 Å². The van der Waals surface area contributed by atoms with Crippen molar-refractivity contribution >= 4 is 22.6 Å².